The first-order valence-corrected chi connectivity index (χ1v) is 11.4. The van der Waals surface area contributed by atoms with E-state index in [9.17, 15) is 50.8 Å². The fraction of sp³-hybridized carbons (Fsp3) is 0.950. The van der Waals surface area contributed by atoms with Crippen molar-refractivity contribution in [2.45, 2.75) is 106 Å². The Morgan fingerprint density at radius 2 is 1.25 bits per heavy atom. The second-order valence-electron chi connectivity index (χ2n) is 9.05. The minimum atomic E-state index is -1.83. The van der Waals surface area contributed by atoms with Gasteiger partial charge in [0.05, 0.1) is 19.3 Å². The summed E-state index contributed by atoms with van der Waals surface area (Å²) in [6.45, 7) is 1.16. The van der Waals surface area contributed by atoms with Crippen LogP contribution in [0.15, 0.2) is 0 Å². The quantitative estimate of drug-likeness (QED) is 0.147. The van der Waals surface area contributed by atoms with Crippen LogP contribution < -0.4 is 5.32 Å². The molecule has 0 spiro atoms. The normalized spacial score (nSPS) is 50.0. The highest BCUT2D eigenvalue weighted by Gasteiger charge is 2.52. The number of nitrogens with one attached hydrogen (secondary N) is 1. The Labute approximate surface area is 205 Å². The molecule has 3 rings (SSSR count). The van der Waals surface area contributed by atoms with Gasteiger partial charge in [0, 0.05) is 6.92 Å². The van der Waals surface area contributed by atoms with Gasteiger partial charge in [0.15, 0.2) is 18.9 Å². The zero-order valence-electron chi connectivity index (χ0n) is 19.5. The van der Waals surface area contributed by atoms with Crippen molar-refractivity contribution in [2.75, 3.05) is 13.2 Å². The van der Waals surface area contributed by atoms with E-state index in [4.69, 9.17) is 23.7 Å². The van der Waals surface area contributed by atoms with Crippen molar-refractivity contribution in [3.05, 3.63) is 0 Å². The van der Waals surface area contributed by atoms with Gasteiger partial charge in [0.2, 0.25) is 5.91 Å². The summed E-state index contributed by atoms with van der Waals surface area (Å²) in [6.07, 6.45) is -21.6. The maximum atomic E-state index is 11.6. The van der Waals surface area contributed by atoms with Crippen molar-refractivity contribution in [3.8, 4) is 0 Å². The zero-order chi connectivity index (χ0) is 26.9. The lowest BCUT2D eigenvalue weighted by Gasteiger charge is -2.48. The van der Waals surface area contributed by atoms with Gasteiger partial charge in [-0.05, 0) is 6.92 Å². The Morgan fingerprint density at radius 3 is 1.83 bits per heavy atom. The van der Waals surface area contributed by atoms with Gasteiger partial charge in [0.1, 0.15) is 67.1 Å². The summed E-state index contributed by atoms with van der Waals surface area (Å²) >= 11 is 0. The molecular weight excluding hydrogens is 494 g/mol. The van der Waals surface area contributed by atoms with Gasteiger partial charge in [-0.15, -0.1) is 0 Å². The highest BCUT2D eigenvalue weighted by Crippen LogP contribution is 2.32. The molecule has 3 fully saturated rings. The molecule has 0 aromatic rings. The monoisotopic (exact) mass is 529 g/mol. The minimum Gasteiger partial charge on any atom is -0.394 e. The number of aliphatic hydroxyl groups excluding tert-OH is 9. The molecule has 0 aliphatic carbocycles. The summed E-state index contributed by atoms with van der Waals surface area (Å²) in [5.74, 6) is -0.600. The molecule has 0 aromatic carbocycles. The highest BCUT2D eigenvalue weighted by atomic mass is 16.7. The van der Waals surface area contributed by atoms with Crippen LogP contribution in [0.2, 0.25) is 0 Å². The molecule has 210 valence electrons. The van der Waals surface area contributed by atoms with Crippen LogP contribution >= 0.6 is 0 Å². The summed E-state index contributed by atoms with van der Waals surface area (Å²) in [7, 11) is 0. The second-order valence-corrected chi connectivity index (χ2v) is 9.05. The largest absolute Gasteiger partial charge is 0.394 e. The number of hydrogen-bond acceptors (Lipinski definition) is 15. The van der Waals surface area contributed by atoms with Crippen molar-refractivity contribution < 1.29 is 74.4 Å². The number of rotatable bonds is 7. The van der Waals surface area contributed by atoms with E-state index in [0.29, 0.717) is 0 Å². The molecule has 16 heteroatoms. The van der Waals surface area contributed by atoms with Gasteiger partial charge < -0.3 is 75.0 Å². The fourth-order valence-corrected chi connectivity index (χ4v) is 4.43. The van der Waals surface area contributed by atoms with E-state index in [1.807, 2.05) is 0 Å². The number of carbonyl (C=O) groups excluding carboxylic acids is 1. The van der Waals surface area contributed by atoms with Crippen LogP contribution in [0.1, 0.15) is 13.8 Å². The fourth-order valence-electron chi connectivity index (χ4n) is 4.43. The van der Waals surface area contributed by atoms with E-state index in [1.165, 1.54) is 6.92 Å². The van der Waals surface area contributed by atoms with Crippen LogP contribution in [0.5, 0.6) is 0 Å². The Kier molecular flexibility index (Phi) is 9.97. The lowest BCUT2D eigenvalue weighted by Crippen LogP contribution is -2.68. The van der Waals surface area contributed by atoms with Crippen LogP contribution in [-0.2, 0) is 28.5 Å². The summed E-state index contributed by atoms with van der Waals surface area (Å²) in [5.41, 5.74) is 0. The lowest BCUT2D eigenvalue weighted by atomic mass is 9.95. The summed E-state index contributed by atoms with van der Waals surface area (Å²) in [4.78, 5) is 11.6. The van der Waals surface area contributed by atoms with Crippen molar-refractivity contribution >= 4 is 5.91 Å². The molecule has 10 N–H and O–H groups in total. The molecule has 15 atom stereocenters. The first-order valence-electron chi connectivity index (χ1n) is 11.4. The summed E-state index contributed by atoms with van der Waals surface area (Å²) in [6, 6.07) is -1.33. The van der Waals surface area contributed by atoms with E-state index in [-0.39, 0.29) is 0 Å². The molecule has 3 aliphatic heterocycles. The maximum Gasteiger partial charge on any atom is 0.217 e. The summed E-state index contributed by atoms with van der Waals surface area (Å²) in [5, 5.41) is 93.3. The molecular formula is C20H35NO15. The first kappa shape index (κ1) is 29.5. The standard InChI is InChI=1S/C20H35NO15/c1-5-16(35-20-14(29)12(27)10(25)7(3-22)34-20)13(28)15(30)19(32-5)36-17-9(21-6(2)24)18(31)33-8(4-23)11(17)26/h5,7-20,22-23,25-31H,3-4H2,1-2H3,(H,21,24)/t5?,7?,8?,9?,10-,11-,12?,13?,14?,15?,16+,17?,18-,19+,20-/m1/s1. The maximum absolute atomic E-state index is 11.6. The molecule has 0 radical (unpaired) electrons. The third-order valence-electron chi connectivity index (χ3n) is 6.45. The smallest absolute Gasteiger partial charge is 0.217 e. The molecule has 3 heterocycles. The number of ether oxygens (including phenoxy) is 5. The van der Waals surface area contributed by atoms with Crippen LogP contribution in [0, 0.1) is 0 Å². The van der Waals surface area contributed by atoms with Gasteiger partial charge in [0.25, 0.3) is 0 Å². The molecule has 16 nitrogen and oxygen atoms in total. The van der Waals surface area contributed by atoms with E-state index >= 15 is 0 Å². The van der Waals surface area contributed by atoms with Crippen LogP contribution in [0.25, 0.3) is 0 Å². The molecule has 0 aromatic heterocycles. The molecule has 9 unspecified atom stereocenters. The predicted molar refractivity (Wildman–Crippen MR) is 111 cm³/mol. The number of carbonyl (C=O) groups is 1. The number of hydrogen-bond donors (Lipinski definition) is 10. The average Bonchev–Trinajstić information content (AvgIpc) is 2.83. The second kappa shape index (κ2) is 12.2. The number of amides is 1. The highest BCUT2D eigenvalue weighted by molar-refractivity contribution is 5.73. The van der Waals surface area contributed by atoms with Crippen molar-refractivity contribution in [1.29, 1.82) is 0 Å². The SMILES string of the molecule is CC(=O)NC1C(O[C@@H]2OC(C)[C@H](O[C@H]3OC(CO)[C@@H](O)C(O)C3O)C(O)C2O)[C@H](O)C(CO)O[C@H]1O. The zero-order valence-corrected chi connectivity index (χ0v) is 19.5. The third-order valence-corrected chi connectivity index (χ3v) is 6.45. The topological polar surface area (TPSA) is 257 Å². The first-order chi connectivity index (χ1) is 16.9. The Hall–Kier alpha value is -1.09. The summed E-state index contributed by atoms with van der Waals surface area (Å²) < 4.78 is 27.1. The molecule has 0 bridgehead atoms. The molecule has 3 saturated heterocycles. The third kappa shape index (κ3) is 5.97. The van der Waals surface area contributed by atoms with E-state index in [1.54, 1.807) is 0 Å². The Bertz CT molecular complexity index is 729. The van der Waals surface area contributed by atoms with E-state index in [0.717, 1.165) is 6.92 Å². The van der Waals surface area contributed by atoms with Crippen LogP contribution in [0.3, 0.4) is 0 Å². The van der Waals surface area contributed by atoms with Gasteiger partial charge >= 0.3 is 0 Å². The Morgan fingerprint density at radius 1 is 0.722 bits per heavy atom. The van der Waals surface area contributed by atoms with Crippen LogP contribution in [0.4, 0.5) is 0 Å². The van der Waals surface area contributed by atoms with Gasteiger partial charge in [-0.25, -0.2) is 0 Å². The predicted octanol–water partition coefficient (Wildman–Crippen LogP) is -6.40. The molecule has 0 saturated carbocycles. The average molecular weight is 529 g/mol. The van der Waals surface area contributed by atoms with Gasteiger partial charge in [-0.1, -0.05) is 0 Å². The van der Waals surface area contributed by atoms with Crippen molar-refractivity contribution in [1.82, 2.24) is 5.32 Å². The minimum absolute atomic E-state index is 0.600. The van der Waals surface area contributed by atoms with E-state index in [2.05, 4.69) is 5.32 Å². The Balaban J connectivity index is 1.72. The molecule has 1 amide bonds. The molecule has 3 aliphatic rings. The van der Waals surface area contributed by atoms with E-state index < -0.39 is 111 Å². The van der Waals surface area contributed by atoms with Gasteiger partial charge in [-0.2, -0.15) is 0 Å². The lowest BCUT2D eigenvalue weighted by molar-refractivity contribution is -0.368. The number of aliphatic hydroxyl groups is 9. The van der Waals surface area contributed by atoms with Crippen molar-refractivity contribution in [2.24, 2.45) is 0 Å². The van der Waals surface area contributed by atoms with Gasteiger partial charge in [-0.3, -0.25) is 4.79 Å². The van der Waals surface area contributed by atoms with Crippen LogP contribution in [-0.4, -0.2) is 157 Å². The van der Waals surface area contributed by atoms with Crippen molar-refractivity contribution in [3.63, 3.8) is 0 Å². The molecule has 36 heavy (non-hydrogen) atoms.